The van der Waals surface area contributed by atoms with Crippen LogP contribution in [0.5, 0.6) is 0 Å². The van der Waals surface area contributed by atoms with Crippen molar-refractivity contribution in [1.82, 2.24) is 4.72 Å². The predicted molar refractivity (Wildman–Crippen MR) is 77.9 cm³/mol. The van der Waals surface area contributed by atoms with Gasteiger partial charge in [-0.05, 0) is 37.1 Å². The maximum absolute atomic E-state index is 11.7. The van der Waals surface area contributed by atoms with Gasteiger partial charge in [-0.2, -0.15) is 13.1 Å². The van der Waals surface area contributed by atoms with Crippen LogP contribution in [0.2, 0.25) is 0 Å². The molecule has 0 aliphatic rings. The van der Waals surface area contributed by atoms with E-state index >= 15 is 0 Å². The molecule has 0 aromatic heterocycles. The van der Waals surface area contributed by atoms with E-state index in [0.29, 0.717) is 18.8 Å². The number of nitrogens with two attached hydrogens (primary N) is 1. The molecule has 4 N–H and O–H groups in total. The molecule has 0 aliphatic carbocycles. The van der Waals surface area contributed by atoms with Crippen molar-refractivity contribution in [3.05, 3.63) is 29.3 Å². The first-order chi connectivity index (χ1) is 8.98. The van der Waals surface area contributed by atoms with Gasteiger partial charge in [-0.1, -0.05) is 18.8 Å². The van der Waals surface area contributed by atoms with Gasteiger partial charge in [-0.3, -0.25) is 4.72 Å². The zero-order valence-corrected chi connectivity index (χ0v) is 12.0. The molecule has 0 spiro atoms. The summed E-state index contributed by atoms with van der Waals surface area (Å²) in [6.07, 6.45) is 0.744. The van der Waals surface area contributed by atoms with Crippen LogP contribution < -0.4 is 15.2 Å². The molecule has 0 saturated heterocycles. The van der Waals surface area contributed by atoms with Gasteiger partial charge in [0.1, 0.15) is 0 Å². The summed E-state index contributed by atoms with van der Waals surface area (Å²) in [5.41, 5.74) is 7.47. The number of nitrogens with one attached hydrogen (secondary N) is 2. The molecule has 0 atom stereocenters. The summed E-state index contributed by atoms with van der Waals surface area (Å²) in [5, 5.41) is 0. The van der Waals surface area contributed by atoms with Crippen molar-refractivity contribution in [2.24, 2.45) is 5.73 Å². The molecule has 6 heteroatoms. The molecular formula is C13H19N3O2S. The first kappa shape index (κ1) is 15.5. The van der Waals surface area contributed by atoms with Gasteiger partial charge in [-0.15, -0.1) is 0 Å². The van der Waals surface area contributed by atoms with Crippen molar-refractivity contribution in [3.63, 3.8) is 0 Å². The maximum atomic E-state index is 11.7. The van der Waals surface area contributed by atoms with E-state index in [0.717, 1.165) is 17.5 Å². The number of hydrogen-bond acceptors (Lipinski definition) is 3. The number of anilines is 1. The second kappa shape index (κ2) is 7.14. The molecule has 0 radical (unpaired) electrons. The van der Waals surface area contributed by atoms with Crippen LogP contribution >= 0.6 is 0 Å². The Kier molecular flexibility index (Phi) is 5.83. The van der Waals surface area contributed by atoms with Crippen LogP contribution in [0.3, 0.4) is 0 Å². The smallest absolute Gasteiger partial charge is 0.299 e. The van der Waals surface area contributed by atoms with E-state index < -0.39 is 10.2 Å². The second-order valence-electron chi connectivity index (χ2n) is 4.04. The standard InChI is InChI=1S/C13H19N3O2S/c1-3-9-15-19(17,18)16-13-7-6-12(5-4-8-14)10-11(13)2/h6-7,10,15-16H,3,8-9,14H2,1-2H3. The third kappa shape index (κ3) is 5.30. The highest BCUT2D eigenvalue weighted by Gasteiger charge is 2.10. The third-order valence-corrected chi connectivity index (χ3v) is 3.42. The van der Waals surface area contributed by atoms with E-state index in [9.17, 15) is 8.42 Å². The van der Waals surface area contributed by atoms with Crippen LogP contribution in [0, 0.1) is 18.8 Å². The molecule has 1 aromatic rings. The number of aryl methyl sites for hydroxylation is 1. The van der Waals surface area contributed by atoms with Crippen LogP contribution in [0.4, 0.5) is 5.69 Å². The predicted octanol–water partition coefficient (Wildman–Crippen LogP) is 0.962. The van der Waals surface area contributed by atoms with E-state index in [1.165, 1.54) is 0 Å². The molecule has 0 saturated carbocycles. The highest BCUT2D eigenvalue weighted by Crippen LogP contribution is 2.17. The third-order valence-electron chi connectivity index (χ3n) is 2.35. The van der Waals surface area contributed by atoms with Gasteiger partial charge in [0.2, 0.25) is 0 Å². The Labute approximate surface area is 114 Å². The minimum absolute atomic E-state index is 0.300. The molecule has 0 heterocycles. The Hall–Kier alpha value is -1.55. The van der Waals surface area contributed by atoms with Crippen LogP contribution in [-0.2, 0) is 10.2 Å². The van der Waals surface area contributed by atoms with E-state index in [1.807, 2.05) is 19.9 Å². The summed E-state index contributed by atoms with van der Waals surface area (Å²) in [7, 11) is -3.51. The molecule has 104 valence electrons. The monoisotopic (exact) mass is 281 g/mol. The van der Waals surface area contributed by atoms with Crippen LogP contribution in [-0.4, -0.2) is 21.5 Å². The number of benzene rings is 1. The van der Waals surface area contributed by atoms with Gasteiger partial charge in [0.15, 0.2) is 0 Å². The van der Waals surface area contributed by atoms with Crippen LogP contribution in [0.25, 0.3) is 0 Å². The lowest BCUT2D eigenvalue weighted by Crippen LogP contribution is -2.30. The van der Waals surface area contributed by atoms with E-state index in [2.05, 4.69) is 21.3 Å². The minimum atomic E-state index is -3.51. The molecule has 0 amide bonds. The summed E-state index contributed by atoms with van der Waals surface area (Å²) in [4.78, 5) is 0. The Balaban J connectivity index is 2.86. The van der Waals surface area contributed by atoms with Crippen molar-refractivity contribution in [3.8, 4) is 11.8 Å². The lowest BCUT2D eigenvalue weighted by Gasteiger charge is -2.11. The molecule has 5 nitrogen and oxygen atoms in total. The molecule has 0 aliphatic heterocycles. The molecule has 0 bridgehead atoms. The summed E-state index contributed by atoms with van der Waals surface area (Å²) >= 11 is 0. The molecule has 1 aromatic carbocycles. The lowest BCUT2D eigenvalue weighted by atomic mass is 10.1. The first-order valence-corrected chi connectivity index (χ1v) is 7.54. The van der Waals surface area contributed by atoms with Crippen molar-refractivity contribution >= 4 is 15.9 Å². The quantitative estimate of drug-likeness (QED) is 0.703. The minimum Gasteiger partial charge on any atom is -0.320 e. The lowest BCUT2D eigenvalue weighted by molar-refractivity contribution is 0.586. The maximum Gasteiger partial charge on any atom is 0.299 e. The molecular weight excluding hydrogens is 262 g/mol. The molecule has 0 unspecified atom stereocenters. The Morgan fingerprint density at radius 2 is 2.11 bits per heavy atom. The largest absolute Gasteiger partial charge is 0.320 e. The van der Waals surface area contributed by atoms with Crippen molar-refractivity contribution in [2.45, 2.75) is 20.3 Å². The van der Waals surface area contributed by atoms with Crippen molar-refractivity contribution in [2.75, 3.05) is 17.8 Å². The number of hydrogen-bond donors (Lipinski definition) is 3. The normalized spacial score (nSPS) is 10.7. The van der Waals surface area contributed by atoms with E-state index in [1.54, 1.807) is 12.1 Å². The summed E-state index contributed by atoms with van der Waals surface area (Å²) in [5.74, 6) is 5.66. The fourth-order valence-corrected chi connectivity index (χ4v) is 2.49. The molecule has 19 heavy (non-hydrogen) atoms. The summed E-state index contributed by atoms with van der Waals surface area (Å²) < 4.78 is 28.3. The zero-order chi connectivity index (χ0) is 14.3. The summed E-state index contributed by atoms with van der Waals surface area (Å²) in [6, 6.07) is 5.27. The van der Waals surface area contributed by atoms with Gasteiger partial charge in [0.25, 0.3) is 10.2 Å². The van der Waals surface area contributed by atoms with Gasteiger partial charge in [0, 0.05) is 12.1 Å². The topological polar surface area (TPSA) is 84.2 Å². The van der Waals surface area contributed by atoms with Gasteiger partial charge < -0.3 is 5.73 Å². The highest BCUT2D eigenvalue weighted by atomic mass is 32.2. The van der Waals surface area contributed by atoms with Gasteiger partial charge in [-0.25, -0.2) is 0 Å². The Bertz CT molecular complexity index is 586. The molecule has 1 rings (SSSR count). The SMILES string of the molecule is CCCNS(=O)(=O)Nc1ccc(C#CCN)cc1C. The van der Waals surface area contributed by atoms with E-state index in [-0.39, 0.29) is 0 Å². The first-order valence-electron chi connectivity index (χ1n) is 6.05. The second-order valence-corrected chi connectivity index (χ2v) is 5.54. The zero-order valence-electron chi connectivity index (χ0n) is 11.2. The van der Waals surface area contributed by atoms with Crippen LogP contribution in [0.15, 0.2) is 18.2 Å². The summed E-state index contributed by atoms with van der Waals surface area (Å²) in [6.45, 7) is 4.44. The van der Waals surface area contributed by atoms with Crippen molar-refractivity contribution < 1.29 is 8.42 Å². The fraction of sp³-hybridized carbons (Fsp3) is 0.385. The Morgan fingerprint density at radius 3 is 2.68 bits per heavy atom. The van der Waals surface area contributed by atoms with E-state index in [4.69, 9.17) is 5.73 Å². The average molecular weight is 281 g/mol. The average Bonchev–Trinajstić information content (AvgIpc) is 2.37. The van der Waals surface area contributed by atoms with Crippen LogP contribution in [0.1, 0.15) is 24.5 Å². The van der Waals surface area contributed by atoms with Crippen molar-refractivity contribution in [1.29, 1.82) is 0 Å². The van der Waals surface area contributed by atoms with Gasteiger partial charge in [0.05, 0.1) is 12.2 Å². The highest BCUT2D eigenvalue weighted by molar-refractivity contribution is 7.90. The fourth-order valence-electron chi connectivity index (χ4n) is 1.43. The van der Waals surface area contributed by atoms with Gasteiger partial charge >= 0.3 is 0 Å². The Morgan fingerprint density at radius 1 is 1.37 bits per heavy atom. The number of rotatable bonds is 5. The molecule has 0 fully saturated rings.